The molecule has 0 saturated heterocycles. The molecule has 9 N–H and O–H groups in total. The van der Waals surface area contributed by atoms with E-state index >= 15 is 0 Å². The van der Waals surface area contributed by atoms with Gasteiger partial charge < -0.3 is 37.2 Å². The number of hydrogen-bond acceptors (Lipinski definition) is 7. The summed E-state index contributed by atoms with van der Waals surface area (Å²) in [6.07, 6.45) is 5.37. The van der Waals surface area contributed by atoms with Gasteiger partial charge in [-0.25, -0.2) is 14.8 Å². The molecule has 0 aliphatic rings. The Balaban J connectivity index is 2.08. The molecule has 3 unspecified atom stereocenters. The molecule has 0 aliphatic carbocycles. The Morgan fingerprint density at radius 3 is 2.00 bits per heavy atom. The van der Waals surface area contributed by atoms with Crippen LogP contribution in [0.3, 0.4) is 0 Å². The fourth-order valence-corrected chi connectivity index (χ4v) is 2.50. The molecule has 0 radical (unpaired) electrons. The molecule has 3 atom stereocenters. The van der Waals surface area contributed by atoms with Crippen molar-refractivity contribution in [3.8, 4) is 0 Å². The molecule has 13 heteroatoms. The smallest absolute Gasteiger partial charge is 0.326 e. The molecule has 2 rings (SSSR count). The largest absolute Gasteiger partial charge is 0.480 e. The monoisotopic (exact) mass is 406 g/mol. The normalized spacial score (nSPS) is 13.8. The molecule has 13 nitrogen and oxygen atoms in total. The van der Waals surface area contributed by atoms with Gasteiger partial charge in [0, 0.05) is 36.6 Å². The van der Waals surface area contributed by atoms with Crippen LogP contribution >= 0.6 is 0 Å². The van der Waals surface area contributed by atoms with Crippen LogP contribution in [0.15, 0.2) is 25.0 Å². The van der Waals surface area contributed by atoms with E-state index in [0.717, 1.165) is 0 Å². The Morgan fingerprint density at radius 2 is 1.52 bits per heavy atom. The minimum atomic E-state index is -1.53. The fraction of sp³-hybridized carbons (Fsp3) is 0.375. The van der Waals surface area contributed by atoms with Crippen LogP contribution in [0.1, 0.15) is 17.8 Å². The summed E-state index contributed by atoms with van der Waals surface area (Å²) in [7, 11) is 0. The van der Waals surface area contributed by atoms with Crippen LogP contribution in [0.2, 0.25) is 0 Å². The number of hydrogen-bond donors (Lipinski definition) is 7. The zero-order valence-corrected chi connectivity index (χ0v) is 15.3. The molecule has 0 aromatic carbocycles. The molecule has 0 saturated carbocycles. The summed E-state index contributed by atoms with van der Waals surface area (Å²) in [6, 6.07) is -3.67. The van der Waals surface area contributed by atoms with Crippen LogP contribution < -0.4 is 22.1 Å². The van der Waals surface area contributed by atoms with E-state index in [9.17, 15) is 19.2 Å². The second-order valence-corrected chi connectivity index (χ2v) is 6.30. The number of nitrogens with two attached hydrogens (primary N) is 2. The Morgan fingerprint density at radius 1 is 0.966 bits per heavy atom. The third kappa shape index (κ3) is 6.73. The van der Waals surface area contributed by atoms with Gasteiger partial charge in [-0.15, -0.1) is 0 Å². The van der Waals surface area contributed by atoms with Gasteiger partial charge in [-0.3, -0.25) is 14.4 Å². The number of nitrogens with one attached hydrogen (secondary N) is 4. The highest BCUT2D eigenvalue weighted by molar-refractivity contribution is 5.93. The van der Waals surface area contributed by atoms with E-state index in [-0.39, 0.29) is 12.8 Å². The lowest BCUT2D eigenvalue weighted by molar-refractivity contribution is -0.143. The van der Waals surface area contributed by atoms with Gasteiger partial charge in [0.05, 0.1) is 25.1 Å². The Kier molecular flexibility index (Phi) is 7.42. The van der Waals surface area contributed by atoms with Gasteiger partial charge in [-0.2, -0.15) is 0 Å². The van der Waals surface area contributed by atoms with Gasteiger partial charge in [0.25, 0.3) is 0 Å². The molecule has 0 aliphatic heterocycles. The lowest BCUT2D eigenvalue weighted by Gasteiger charge is -2.22. The summed E-state index contributed by atoms with van der Waals surface area (Å²) in [6.45, 7) is 0. The number of amides is 3. The standard InChI is InChI=1S/C16H22N8O5/c17-10(1-8-4-19-6-21-8)14(26)23-11(2-9-5-20-7-22-9)15(27)24-12(16(28)29)3-13(18)25/h4-7,10-12H,1-3,17H2,(H2,18,25)(H,19,21)(H,20,22)(H,23,26)(H,24,27)(H,28,29). The van der Waals surface area contributed by atoms with Crippen LogP contribution in [-0.2, 0) is 32.0 Å². The minimum absolute atomic E-state index is 0.00272. The van der Waals surface area contributed by atoms with Crippen LogP contribution in [0.25, 0.3) is 0 Å². The quantitative estimate of drug-likeness (QED) is 0.205. The average Bonchev–Trinajstić information content (AvgIpc) is 3.33. The van der Waals surface area contributed by atoms with Gasteiger partial charge in [0.2, 0.25) is 17.7 Å². The van der Waals surface area contributed by atoms with E-state index < -0.39 is 48.2 Å². The van der Waals surface area contributed by atoms with Crippen molar-refractivity contribution in [2.45, 2.75) is 37.4 Å². The molecule has 156 valence electrons. The number of carbonyl (C=O) groups excluding carboxylic acids is 3. The van der Waals surface area contributed by atoms with Crippen molar-refractivity contribution in [3.05, 3.63) is 36.4 Å². The van der Waals surface area contributed by atoms with Crippen molar-refractivity contribution in [2.75, 3.05) is 0 Å². The first-order chi connectivity index (χ1) is 13.8. The van der Waals surface area contributed by atoms with Crippen LogP contribution in [0, 0.1) is 0 Å². The molecule has 0 spiro atoms. The average molecular weight is 406 g/mol. The SMILES string of the molecule is NC(=O)CC(NC(=O)C(Cc1cnc[nH]1)NC(=O)C(N)Cc1cnc[nH]1)C(=O)O. The molecule has 29 heavy (non-hydrogen) atoms. The Labute approximate surface area is 164 Å². The van der Waals surface area contributed by atoms with E-state index in [1.165, 1.54) is 25.0 Å². The van der Waals surface area contributed by atoms with Crippen LogP contribution in [-0.4, -0.2) is 66.9 Å². The zero-order chi connectivity index (χ0) is 21.4. The summed E-state index contributed by atoms with van der Waals surface area (Å²) < 4.78 is 0. The number of carboxylic acids is 1. The second-order valence-electron chi connectivity index (χ2n) is 6.30. The van der Waals surface area contributed by atoms with Crippen LogP contribution in [0.4, 0.5) is 0 Å². The predicted octanol–water partition coefficient (Wildman–Crippen LogP) is -2.83. The van der Waals surface area contributed by atoms with Gasteiger partial charge >= 0.3 is 5.97 Å². The van der Waals surface area contributed by atoms with E-state index in [1.54, 1.807) is 0 Å². The molecule has 2 heterocycles. The summed E-state index contributed by atoms with van der Waals surface area (Å²) in [5.74, 6) is -3.76. The summed E-state index contributed by atoms with van der Waals surface area (Å²) in [5.41, 5.74) is 12.1. The van der Waals surface area contributed by atoms with Gasteiger partial charge in [-0.05, 0) is 0 Å². The molecule has 0 bridgehead atoms. The molecule has 2 aromatic rings. The highest BCUT2D eigenvalue weighted by atomic mass is 16.4. The van der Waals surface area contributed by atoms with E-state index in [1.807, 2.05) is 0 Å². The second kappa shape index (κ2) is 9.98. The summed E-state index contributed by atoms with van der Waals surface area (Å²) in [5, 5.41) is 13.9. The van der Waals surface area contributed by atoms with Crippen molar-refractivity contribution >= 4 is 23.7 Å². The number of nitrogens with zero attached hydrogens (tertiary/aromatic N) is 2. The van der Waals surface area contributed by atoms with Gasteiger partial charge in [0.1, 0.15) is 12.1 Å². The molecule has 2 aromatic heterocycles. The number of aromatic nitrogens is 4. The number of carbonyl (C=O) groups is 4. The lowest BCUT2D eigenvalue weighted by atomic mass is 10.1. The van der Waals surface area contributed by atoms with Crippen molar-refractivity contribution in [1.82, 2.24) is 30.6 Å². The Bertz CT molecular complexity index is 836. The van der Waals surface area contributed by atoms with E-state index in [4.69, 9.17) is 16.6 Å². The number of primary amides is 1. The van der Waals surface area contributed by atoms with Gasteiger partial charge in [0.15, 0.2) is 0 Å². The highest BCUT2D eigenvalue weighted by Gasteiger charge is 2.29. The highest BCUT2D eigenvalue weighted by Crippen LogP contribution is 2.03. The number of imidazole rings is 2. The maximum Gasteiger partial charge on any atom is 0.326 e. The summed E-state index contributed by atoms with van der Waals surface area (Å²) in [4.78, 5) is 60.6. The third-order valence-corrected chi connectivity index (χ3v) is 3.96. The molecular formula is C16H22N8O5. The number of aromatic amines is 2. The first-order valence-electron chi connectivity index (χ1n) is 8.58. The molecule has 3 amide bonds. The maximum atomic E-state index is 12.6. The molecular weight excluding hydrogens is 384 g/mol. The fourth-order valence-electron chi connectivity index (χ4n) is 2.50. The Hall–Kier alpha value is -3.74. The topological polar surface area (TPSA) is 222 Å². The predicted molar refractivity (Wildman–Crippen MR) is 97.9 cm³/mol. The summed E-state index contributed by atoms with van der Waals surface area (Å²) >= 11 is 0. The number of rotatable bonds is 11. The minimum Gasteiger partial charge on any atom is -0.480 e. The first kappa shape index (κ1) is 21.6. The third-order valence-electron chi connectivity index (χ3n) is 3.96. The van der Waals surface area contributed by atoms with Crippen molar-refractivity contribution in [2.24, 2.45) is 11.5 Å². The van der Waals surface area contributed by atoms with E-state index in [0.29, 0.717) is 11.4 Å². The van der Waals surface area contributed by atoms with Crippen LogP contribution in [0.5, 0.6) is 0 Å². The van der Waals surface area contributed by atoms with Gasteiger partial charge in [-0.1, -0.05) is 0 Å². The zero-order valence-electron chi connectivity index (χ0n) is 15.3. The van der Waals surface area contributed by atoms with Crippen molar-refractivity contribution < 1.29 is 24.3 Å². The number of H-pyrrole nitrogens is 2. The number of carboxylic acid groups (broad SMARTS) is 1. The maximum absolute atomic E-state index is 12.6. The van der Waals surface area contributed by atoms with Crippen molar-refractivity contribution in [3.63, 3.8) is 0 Å². The van der Waals surface area contributed by atoms with E-state index in [2.05, 4.69) is 30.6 Å². The lowest BCUT2D eigenvalue weighted by Crippen LogP contribution is -2.56. The molecule has 0 fully saturated rings. The van der Waals surface area contributed by atoms with Crippen molar-refractivity contribution in [1.29, 1.82) is 0 Å². The first-order valence-corrected chi connectivity index (χ1v) is 8.58. The number of aliphatic carboxylic acids is 1.